The van der Waals surface area contributed by atoms with Gasteiger partial charge in [0.25, 0.3) is 17.0 Å². The smallest absolute Gasteiger partial charge is 0.279 e. The summed E-state index contributed by atoms with van der Waals surface area (Å²) in [5.41, 5.74) is 0.389. The highest BCUT2D eigenvalue weighted by Gasteiger charge is 2.20. The summed E-state index contributed by atoms with van der Waals surface area (Å²) in [4.78, 5) is 40.3. The van der Waals surface area contributed by atoms with Gasteiger partial charge in [-0.05, 0) is 29.8 Å². The molecule has 134 valence electrons. The van der Waals surface area contributed by atoms with Crippen LogP contribution in [0.15, 0.2) is 70.3 Å². The topological polar surface area (TPSA) is 99.2 Å². The van der Waals surface area contributed by atoms with Crippen molar-refractivity contribution in [3.05, 3.63) is 92.0 Å². The summed E-state index contributed by atoms with van der Waals surface area (Å²) in [6, 6.07) is 17.0. The molecule has 4 aromatic rings. The Labute approximate surface area is 157 Å². The molecule has 4 rings (SSSR count). The third kappa shape index (κ3) is 3.16. The number of aromatic nitrogens is 3. The van der Waals surface area contributed by atoms with Gasteiger partial charge in [-0.3, -0.25) is 19.5 Å². The fourth-order valence-corrected chi connectivity index (χ4v) is 3.00. The van der Waals surface area contributed by atoms with Crippen LogP contribution in [-0.4, -0.2) is 20.5 Å². The average Bonchev–Trinajstić information content (AvgIpc) is 2.99. The molecule has 8 heteroatoms. The summed E-state index contributed by atoms with van der Waals surface area (Å²) in [5.74, 6) is -0.621. The monoisotopic (exact) mass is 380 g/mol. The van der Waals surface area contributed by atoms with Gasteiger partial charge in [0.1, 0.15) is 5.56 Å². The molecule has 2 aromatic carbocycles. The fraction of sp³-hybridized carbons (Fsp3) is 0. The maximum Gasteiger partial charge on any atom is 0.279 e. The molecule has 0 saturated carbocycles. The molecule has 3 N–H and O–H groups in total. The van der Waals surface area contributed by atoms with E-state index in [1.807, 2.05) is 6.07 Å². The minimum Gasteiger partial charge on any atom is -0.339 e. The van der Waals surface area contributed by atoms with E-state index in [0.717, 1.165) is 4.52 Å². The second kappa shape index (κ2) is 6.62. The Morgan fingerprint density at radius 1 is 1.00 bits per heavy atom. The number of nitrogens with zero attached hydrogens (tertiary/aromatic N) is 1. The SMILES string of the molecule is O=C(Nc1ccccc1)c1c(=O)[nH]n2c(=O)cc(-c3cccc(Cl)c3)[nH]c12. The lowest BCUT2D eigenvalue weighted by Gasteiger charge is -2.06. The van der Waals surface area contributed by atoms with Gasteiger partial charge in [0.15, 0.2) is 5.65 Å². The molecule has 0 unspecified atom stereocenters. The summed E-state index contributed by atoms with van der Waals surface area (Å²) in [6.45, 7) is 0. The lowest BCUT2D eigenvalue weighted by atomic mass is 10.1. The minimum absolute atomic E-state index is 0.0795. The number of nitrogens with one attached hydrogen (secondary N) is 3. The highest BCUT2D eigenvalue weighted by atomic mass is 35.5. The van der Waals surface area contributed by atoms with Gasteiger partial charge < -0.3 is 10.3 Å². The number of fused-ring (bicyclic) bond motifs is 1. The van der Waals surface area contributed by atoms with Crippen molar-refractivity contribution in [1.29, 1.82) is 0 Å². The first-order valence-electron chi connectivity index (χ1n) is 8.03. The molecule has 0 aliphatic rings. The first kappa shape index (κ1) is 16.9. The van der Waals surface area contributed by atoms with Crippen molar-refractivity contribution in [3.63, 3.8) is 0 Å². The molecule has 0 aliphatic carbocycles. The van der Waals surface area contributed by atoms with Crippen LogP contribution in [0.4, 0.5) is 5.69 Å². The normalized spacial score (nSPS) is 10.9. The van der Waals surface area contributed by atoms with Crippen molar-refractivity contribution in [2.45, 2.75) is 0 Å². The summed E-state index contributed by atoms with van der Waals surface area (Å²) >= 11 is 6.01. The molecule has 2 aromatic heterocycles. The maximum absolute atomic E-state index is 12.6. The molecule has 0 radical (unpaired) electrons. The van der Waals surface area contributed by atoms with Crippen molar-refractivity contribution in [2.24, 2.45) is 0 Å². The Morgan fingerprint density at radius 2 is 1.78 bits per heavy atom. The molecular formula is C19H13ClN4O3. The number of benzene rings is 2. The minimum atomic E-state index is -0.667. The van der Waals surface area contributed by atoms with E-state index >= 15 is 0 Å². The Hall–Kier alpha value is -3.58. The van der Waals surface area contributed by atoms with Gasteiger partial charge in [0.05, 0.1) is 5.69 Å². The van der Waals surface area contributed by atoms with E-state index in [0.29, 0.717) is 22.0 Å². The first-order chi connectivity index (χ1) is 13.0. The van der Waals surface area contributed by atoms with E-state index in [4.69, 9.17) is 11.6 Å². The third-order valence-corrected chi connectivity index (χ3v) is 4.27. The molecule has 7 nitrogen and oxygen atoms in total. The standard InChI is InChI=1S/C19H13ClN4O3/c20-12-6-4-5-11(9-12)14-10-15(25)24-17(22-14)16(19(27)23-24)18(26)21-13-7-2-1-3-8-13/h1-10,22H,(H,21,26)(H,23,27). The van der Waals surface area contributed by atoms with E-state index in [1.165, 1.54) is 6.07 Å². The number of carbonyl (C=O) groups is 1. The number of rotatable bonds is 3. The van der Waals surface area contributed by atoms with Crippen LogP contribution in [0, 0.1) is 0 Å². The highest BCUT2D eigenvalue weighted by molar-refractivity contribution is 6.30. The highest BCUT2D eigenvalue weighted by Crippen LogP contribution is 2.20. The van der Waals surface area contributed by atoms with Gasteiger partial charge >= 0.3 is 0 Å². The molecule has 0 spiro atoms. The Kier molecular flexibility index (Phi) is 4.13. The Bertz CT molecular complexity index is 1270. The number of carbonyl (C=O) groups excluding carboxylic acids is 1. The predicted molar refractivity (Wildman–Crippen MR) is 103 cm³/mol. The van der Waals surface area contributed by atoms with Gasteiger partial charge in [0.2, 0.25) is 0 Å². The van der Waals surface area contributed by atoms with Crippen LogP contribution in [0.25, 0.3) is 16.9 Å². The molecule has 27 heavy (non-hydrogen) atoms. The average molecular weight is 381 g/mol. The number of hydrogen-bond acceptors (Lipinski definition) is 3. The van der Waals surface area contributed by atoms with Crippen LogP contribution in [-0.2, 0) is 0 Å². The molecule has 0 fully saturated rings. The van der Waals surface area contributed by atoms with Crippen LogP contribution in [0.1, 0.15) is 10.4 Å². The maximum atomic E-state index is 12.6. The number of para-hydroxylation sites is 1. The zero-order valence-electron chi connectivity index (χ0n) is 13.8. The van der Waals surface area contributed by atoms with Crippen molar-refractivity contribution in [1.82, 2.24) is 14.6 Å². The second-order valence-electron chi connectivity index (χ2n) is 5.85. The fourth-order valence-electron chi connectivity index (χ4n) is 2.81. The summed E-state index contributed by atoms with van der Waals surface area (Å²) in [6.07, 6.45) is 0. The molecule has 0 bridgehead atoms. The zero-order valence-corrected chi connectivity index (χ0v) is 14.6. The van der Waals surface area contributed by atoms with Crippen LogP contribution < -0.4 is 16.4 Å². The van der Waals surface area contributed by atoms with Crippen LogP contribution in [0.2, 0.25) is 5.02 Å². The Balaban J connectivity index is 1.86. The second-order valence-corrected chi connectivity index (χ2v) is 6.29. The molecule has 0 aliphatic heterocycles. The van der Waals surface area contributed by atoms with E-state index in [9.17, 15) is 14.4 Å². The molecule has 2 heterocycles. The summed E-state index contributed by atoms with van der Waals surface area (Å²) < 4.78 is 1.01. The lowest BCUT2D eigenvalue weighted by Crippen LogP contribution is -2.19. The van der Waals surface area contributed by atoms with E-state index in [-0.39, 0.29) is 11.2 Å². The van der Waals surface area contributed by atoms with Crippen LogP contribution in [0.5, 0.6) is 0 Å². The largest absolute Gasteiger partial charge is 0.339 e. The summed E-state index contributed by atoms with van der Waals surface area (Å²) in [7, 11) is 0. The number of halogens is 1. The van der Waals surface area contributed by atoms with Crippen molar-refractivity contribution < 1.29 is 4.79 Å². The zero-order chi connectivity index (χ0) is 19.0. The lowest BCUT2D eigenvalue weighted by molar-refractivity contribution is 0.102. The van der Waals surface area contributed by atoms with Crippen molar-refractivity contribution in [2.75, 3.05) is 5.32 Å². The van der Waals surface area contributed by atoms with Gasteiger partial charge in [-0.15, -0.1) is 0 Å². The number of anilines is 1. The van der Waals surface area contributed by atoms with Crippen molar-refractivity contribution >= 4 is 28.8 Å². The van der Waals surface area contributed by atoms with Gasteiger partial charge in [0, 0.05) is 16.8 Å². The first-order valence-corrected chi connectivity index (χ1v) is 8.41. The number of H-pyrrole nitrogens is 2. The van der Waals surface area contributed by atoms with Crippen LogP contribution in [0.3, 0.4) is 0 Å². The van der Waals surface area contributed by atoms with Gasteiger partial charge in [-0.25, -0.2) is 0 Å². The van der Waals surface area contributed by atoms with Crippen LogP contribution >= 0.6 is 11.6 Å². The molecule has 0 saturated heterocycles. The predicted octanol–water partition coefficient (Wildman–Crippen LogP) is 2.89. The van der Waals surface area contributed by atoms with E-state index in [2.05, 4.69) is 15.4 Å². The number of hydrogen-bond donors (Lipinski definition) is 3. The number of amides is 1. The molecule has 0 atom stereocenters. The van der Waals surface area contributed by atoms with E-state index < -0.39 is 17.0 Å². The van der Waals surface area contributed by atoms with Gasteiger partial charge in [-0.2, -0.15) is 4.52 Å². The van der Waals surface area contributed by atoms with Crippen molar-refractivity contribution in [3.8, 4) is 11.3 Å². The van der Waals surface area contributed by atoms with E-state index in [1.54, 1.807) is 48.5 Å². The number of aromatic amines is 2. The Morgan fingerprint density at radius 3 is 2.52 bits per heavy atom. The third-order valence-electron chi connectivity index (χ3n) is 4.04. The molecule has 1 amide bonds. The quantitative estimate of drug-likeness (QED) is 0.509. The summed E-state index contributed by atoms with van der Waals surface area (Å²) in [5, 5.41) is 5.53. The molecular weight excluding hydrogens is 368 g/mol. The van der Waals surface area contributed by atoms with Gasteiger partial charge in [-0.1, -0.05) is 41.9 Å².